The molecule has 0 fully saturated rings. The Morgan fingerprint density at radius 3 is 1.29 bits per heavy atom. The van der Waals surface area contributed by atoms with Crippen LogP contribution in [0, 0.1) is 5.92 Å². The second-order valence-electron chi connectivity index (χ2n) is 7.43. The fourth-order valence-electron chi connectivity index (χ4n) is 3.39. The lowest BCUT2D eigenvalue weighted by Crippen LogP contribution is -2.15. The van der Waals surface area contributed by atoms with Gasteiger partial charge >= 0.3 is 0 Å². The van der Waals surface area contributed by atoms with Crippen molar-refractivity contribution >= 4 is 10.1 Å². The fraction of sp³-hybridized carbons (Fsp3) is 1.00. The molecule has 0 aromatic rings. The Bertz CT molecular complexity index is 352. The molecule has 1 atom stereocenters. The van der Waals surface area contributed by atoms with Crippen LogP contribution < -0.4 is 0 Å². The Balaban J connectivity index is 3.80. The zero-order valence-corrected chi connectivity index (χ0v) is 17.1. The minimum atomic E-state index is -3.83. The third-order valence-corrected chi connectivity index (χ3v) is 5.77. The summed E-state index contributed by atoms with van der Waals surface area (Å²) in [6.07, 6.45) is 19.5. The van der Waals surface area contributed by atoms with Crippen LogP contribution in [0.15, 0.2) is 0 Å². The second kappa shape index (κ2) is 16.4. The third kappa shape index (κ3) is 18.3. The molecule has 0 bridgehead atoms. The SMILES string of the molecule is CCCCCCCCCCC(CCCCCCCC)CS(=O)(=O)O. The van der Waals surface area contributed by atoms with Crippen molar-refractivity contribution in [2.75, 3.05) is 5.75 Å². The van der Waals surface area contributed by atoms with Crippen molar-refractivity contribution in [1.82, 2.24) is 0 Å². The molecule has 0 saturated carbocycles. The standard InChI is InChI=1S/C20H42O3S/c1-3-5-7-9-11-12-14-16-18-20(19-24(21,22)23)17-15-13-10-8-6-4-2/h20H,3-19H2,1-2H3,(H,21,22,23). The van der Waals surface area contributed by atoms with Crippen LogP contribution in [0.5, 0.6) is 0 Å². The number of rotatable bonds is 18. The molecule has 0 spiro atoms. The lowest BCUT2D eigenvalue weighted by atomic mass is 9.95. The average molecular weight is 363 g/mol. The summed E-state index contributed by atoms with van der Waals surface area (Å²) in [7, 11) is -3.83. The first-order chi connectivity index (χ1) is 11.5. The van der Waals surface area contributed by atoms with Crippen molar-refractivity contribution < 1.29 is 13.0 Å². The summed E-state index contributed by atoms with van der Waals surface area (Å²) in [5.41, 5.74) is 0. The van der Waals surface area contributed by atoms with E-state index in [1.54, 1.807) is 0 Å². The summed E-state index contributed by atoms with van der Waals surface area (Å²) in [5, 5.41) is 0. The zero-order valence-electron chi connectivity index (χ0n) is 16.3. The van der Waals surface area contributed by atoms with Gasteiger partial charge in [0.05, 0.1) is 5.75 Å². The summed E-state index contributed by atoms with van der Waals surface area (Å²) in [4.78, 5) is 0. The van der Waals surface area contributed by atoms with E-state index < -0.39 is 10.1 Å². The normalized spacial score (nSPS) is 13.3. The van der Waals surface area contributed by atoms with E-state index in [2.05, 4.69) is 13.8 Å². The molecule has 0 aromatic heterocycles. The topological polar surface area (TPSA) is 54.4 Å². The molecule has 146 valence electrons. The Morgan fingerprint density at radius 1 is 0.625 bits per heavy atom. The number of hydrogen-bond acceptors (Lipinski definition) is 2. The molecule has 1 N–H and O–H groups in total. The molecule has 3 nitrogen and oxygen atoms in total. The summed E-state index contributed by atoms with van der Waals surface area (Å²) in [6.45, 7) is 4.45. The predicted octanol–water partition coefficient (Wildman–Crippen LogP) is 6.77. The van der Waals surface area contributed by atoms with Gasteiger partial charge in [0, 0.05) is 0 Å². The maximum absolute atomic E-state index is 11.2. The molecule has 0 saturated heterocycles. The van der Waals surface area contributed by atoms with Gasteiger partial charge in [0.25, 0.3) is 10.1 Å². The van der Waals surface area contributed by atoms with E-state index >= 15 is 0 Å². The molecular formula is C20H42O3S. The molecular weight excluding hydrogens is 320 g/mol. The van der Waals surface area contributed by atoms with Crippen LogP contribution in [0.4, 0.5) is 0 Å². The molecule has 0 radical (unpaired) electrons. The molecule has 0 aliphatic heterocycles. The van der Waals surface area contributed by atoms with Gasteiger partial charge in [-0.05, 0) is 18.8 Å². The minimum absolute atomic E-state index is 0.0432. The van der Waals surface area contributed by atoms with Gasteiger partial charge in [0.2, 0.25) is 0 Å². The van der Waals surface area contributed by atoms with Crippen LogP contribution in [-0.4, -0.2) is 18.7 Å². The summed E-state index contributed by atoms with van der Waals surface area (Å²) >= 11 is 0. The van der Waals surface area contributed by atoms with Crippen molar-refractivity contribution in [2.24, 2.45) is 5.92 Å². The molecule has 24 heavy (non-hydrogen) atoms. The van der Waals surface area contributed by atoms with E-state index in [9.17, 15) is 8.42 Å². The van der Waals surface area contributed by atoms with Crippen molar-refractivity contribution in [1.29, 1.82) is 0 Å². The van der Waals surface area contributed by atoms with Gasteiger partial charge in [0.15, 0.2) is 0 Å². The highest BCUT2D eigenvalue weighted by Crippen LogP contribution is 2.20. The maximum atomic E-state index is 11.2. The van der Waals surface area contributed by atoms with Crippen molar-refractivity contribution in [3.63, 3.8) is 0 Å². The average Bonchev–Trinajstić information content (AvgIpc) is 2.51. The predicted molar refractivity (Wildman–Crippen MR) is 105 cm³/mol. The number of unbranched alkanes of at least 4 members (excludes halogenated alkanes) is 12. The van der Waals surface area contributed by atoms with Crippen LogP contribution in [0.3, 0.4) is 0 Å². The summed E-state index contributed by atoms with van der Waals surface area (Å²) in [6, 6.07) is 0. The van der Waals surface area contributed by atoms with E-state index in [4.69, 9.17) is 4.55 Å². The van der Waals surface area contributed by atoms with Crippen LogP contribution >= 0.6 is 0 Å². The van der Waals surface area contributed by atoms with Crippen LogP contribution in [-0.2, 0) is 10.1 Å². The first-order valence-corrected chi connectivity index (χ1v) is 12.1. The van der Waals surface area contributed by atoms with Gasteiger partial charge in [0.1, 0.15) is 0 Å². The molecule has 0 rings (SSSR count). The minimum Gasteiger partial charge on any atom is -0.286 e. The highest BCUT2D eigenvalue weighted by atomic mass is 32.2. The van der Waals surface area contributed by atoms with E-state index in [-0.39, 0.29) is 11.7 Å². The van der Waals surface area contributed by atoms with Gasteiger partial charge in [-0.25, -0.2) is 0 Å². The van der Waals surface area contributed by atoms with E-state index in [1.807, 2.05) is 0 Å². The first kappa shape index (κ1) is 23.9. The summed E-state index contributed by atoms with van der Waals surface area (Å²) in [5.74, 6) is 0.101. The molecule has 0 amide bonds. The summed E-state index contributed by atoms with van der Waals surface area (Å²) < 4.78 is 31.6. The van der Waals surface area contributed by atoms with Gasteiger partial charge in [-0.2, -0.15) is 8.42 Å². The van der Waals surface area contributed by atoms with Crippen molar-refractivity contribution in [3.05, 3.63) is 0 Å². The third-order valence-electron chi connectivity index (χ3n) is 4.88. The Kier molecular flexibility index (Phi) is 16.3. The lowest BCUT2D eigenvalue weighted by Gasteiger charge is -2.15. The fourth-order valence-corrected chi connectivity index (χ4v) is 4.32. The van der Waals surface area contributed by atoms with Crippen LogP contribution in [0.25, 0.3) is 0 Å². The molecule has 0 aromatic carbocycles. The van der Waals surface area contributed by atoms with Crippen LogP contribution in [0.2, 0.25) is 0 Å². The molecule has 0 aliphatic rings. The molecule has 1 unspecified atom stereocenters. The monoisotopic (exact) mass is 362 g/mol. The van der Waals surface area contributed by atoms with Crippen molar-refractivity contribution in [3.8, 4) is 0 Å². The largest absolute Gasteiger partial charge is 0.286 e. The maximum Gasteiger partial charge on any atom is 0.265 e. The number of hydrogen-bond donors (Lipinski definition) is 1. The first-order valence-electron chi connectivity index (χ1n) is 10.4. The molecule has 0 aliphatic carbocycles. The smallest absolute Gasteiger partial charge is 0.265 e. The highest BCUT2D eigenvalue weighted by Gasteiger charge is 2.16. The quantitative estimate of drug-likeness (QED) is 0.216. The Labute approximate surface area is 151 Å². The van der Waals surface area contributed by atoms with Gasteiger partial charge in [-0.1, -0.05) is 104 Å². The zero-order chi connectivity index (χ0) is 18.1. The van der Waals surface area contributed by atoms with E-state index in [0.717, 1.165) is 25.7 Å². The van der Waals surface area contributed by atoms with Gasteiger partial charge in [-0.3, -0.25) is 4.55 Å². The highest BCUT2D eigenvalue weighted by molar-refractivity contribution is 7.85. The molecule has 4 heteroatoms. The Morgan fingerprint density at radius 2 is 0.958 bits per heavy atom. The van der Waals surface area contributed by atoms with Gasteiger partial charge in [-0.15, -0.1) is 0 Å². The molecule has 0 heterocycles. The Hall–Kier alpha value is -0.0900. The van der Waals surface area contributed by atoms with E-state index in [1.165, 1.54) is 77.0 Å². The van der Waals surface area contributed by atoms with Crippen molar-refractivity contribution in [2.45, 2.75) is 117 Å². The van der Waals surface area contributed by atoms with Crippen LogP contribution in [0.1, 0.15) is 117 Å². The second-order valence-corrected chi connectivity index (χ2v) is 8.93. The lowest BCUT2D eigenvalue weighted by molar-refractivity contribution is 0.410. The van der Waals surface area contributed by atoms with E-state index in [0.29, 0.717) is 0 Å². The van der Waals surface area contributed by atoms with Gasteiger partial charge < -0.3 is 0 Å².